The third kappa shape index (κ3) is 5.37. The Hall–Kier alpha value is -2.86. The van der Waals surface area contributed by atoms with Gasteiger partial charge in [-0.25, -0.2) is 0 Å². The number of piperidine rings is 1. The zero-order chi connectivity index (χ0) is 25.2. The van der Waals surface area contributed by atoms with Crippen LogP contribution in [0.25, 0.3) is 0 Å². The number of hydrogen-bond donors (Lipinski definition) is 1. The molecule has 1 amide bonds. The summed E-state index contributed by atoms with van der Waals surface area (Å²) >= 11 is 0. The predicted octanol–water partition coefficient (Wildman–Crippen LogP) is 4.47. The SMILES string of the molecule is CC(=O)OC1C[C@@H](N(CC(C)C)C(=O)c2ccccc2)CC2(c3cccc(O)c3)CCN(C)CC12. The van der Waals surface area contributed by atoms with Crippen molar-refractivity contribution < 1.29 is 19.4 Å². The molecule has 3 unspecified atom stereocenters. The summed E-state index contributed by atoms with van der Waals surface area (Å²) in [7, 11) is 2.10. The number of rotatable bonds is 6. The fraction of sp³-hybridized carbons (Fsp3) is 0.517. The molecule has 1 N–H and O–H groups in total. The van der Waals surface area contributed by atoms with Gasteiger partial charge in [0.2, 0.25) is 0 Å². The quantitative estimate of drug-likeness (QED) is 0.620. The topological polar surface area (TPSA) is 70.1 Å². The number of aromatic hydroxyl groups is 1. The molecule has 35 heavy (non-hydrogen) atoms. The fourth-order valence-corrected chi connectivity index (χ4v) is 6.25. The molecule has 2 aromatic carbocycles. The summed E-state index contributed by atoms with van der Waals surface area (Å²) in [6.07, 6.45) is 1.96. The normalized spacial score (nSPS) is 26.7. The molecule has 1 heterocycles. The lowest BCUT2D eigenvalue weighted by atomic mass is 9.56. The third-order valence-electron chi connectivity index (χ3n) is 7.73. The van der Waals surface area contributed by atoms with E-state index in [1.807, 2.05) is 47.4 Å². The lowest BCUT2D eigenvalue weighted by Gasteiger charge is -2.56. The Morgan fingerprint density at radius 2 is 1.91 bits per heavy atom. The molecular weight excluding hydrogens is 440 g/mol. The van der Waals surface area contributed by atoms with Crippen LogP contribution in [0.15, 0.2) is 54.6 Å². The van der Waals surface area contributed by atoms with Gasteiger partial charge in [-0.3, -0.25) is 9.59 Å². The second-order valence-electron chi connectivity index (χ2n) is 10.8. The highest BCUT2D eigenvalue weighted by atomic mass is 16.5. The summed E-state index contributed by atoms with van der Waals surface area (Å²) in [5.74, 6) is 0.333. The van der Waals surface area contributed by atoms with Gasteiger partial charge in [-0.05, 0) is 62.2 Å². The maximum absolute atomic E-state index is 13.8. The van der Waals surface area contributed by atoms with Crippen molar-refractivity contribution in [3.63, 3.8) is 0 Å². The molecule has 188 valence electrons. The first-order chi connectivity index (χ1) is 16.7. The van der Waals surface area contributed by atoms with Gasteiger partial charge in [0.25, 0.3) is 5.91 Å². The minimum atomic E-state index is -0.311. The summed E-state index contributed by atoms with van der Waals surface area (Å²) in [6.45, 7) is 8.06. The number of carbonyl (C=O) groups is 2. The van der Waals surface area contributed by atoms with Crippen LogP contribution >= 0.6 is 0 Å². The first-order valence-corrected chi connectivity index (χ1v) is 12.7. The number of esters is 1. The molecular formula is C29H38N2O4. The number of amides is 1. The van der Waals surface area contributed by atoms with Crippen LogP contribution in [0, 0.1) is 11.8 Å². The number of carbonyl (C=O) groups excluding carboxylic acids is 2. The van der Waals surface area contributed by atoms with Crippen molar-refractivity contribution in [3.8, 4) is 5.75 Å². The summed E-state index contributed by atoms with van der Waals surface area (Å²) < 4.78 is 5.99. The molecule has 2 fully saturated rings. The van der Waals surface area contributed by atoms with E-state index in [9.17, 15) is 14.7 Å². The van der Waals surface area contributed by atoms with Crippen LogP contribution in [0.2, 0.25) is 0 Å². The van der Waals surface area contributed by atoms with Gasteiger partial charge in [0.05, 0.1) is 0 Å². The number of phenols is 1. The van der Waals surface area contributed by atoms with Gasteiger partial charge in [0.15, 0.2) is 0 Å². The first kappa shape index (κ1) is 25.2. The molecule has 6 nitrogen and oxygen atoms in total. The highest BCUT2D eigenvalue weighted by molar-refractivity contribution is 5.94. The molecule has 2 aromatic rings. The summed E-state index contributed by atoms with van der Waals surface area (Å²) in [6, 6.07) is 16.9. The Kier molecular flexibility index (Phi) is 7.50. The molecule has 4 atom stereocenters. The highest BCUT2D eigenvalue weighted by Gasteiger charge is 2.54. The zero-order valence-electron chi connectivity index (χ0n) is 21.3. The Balaban J connectivity index is 1.79. The molecule has 1 aliphatic heterocycles. The van der Waals surface area contributed by atoms with Gasteiger partial charge in [-0.1, -0.05) is 44.2 Å². The Labute approximate surface area is 208 Å². The second kappa shape index (κ2) is 10.4. The van der Waals surface area contributed by atoms with Crippen LogP contribution in [0.3, 0.4) is 0 Å². The molecule has 4 rings (SSSR count). The van der Waals surface area contributed by atoms with Crippen LogP contribution in [0.4, 0.5) is 0 Å². The van der Waals surface area contributed by atoms with Crippen molar-refractivity contribution in [2.45, 2.75) is 57.6 Å². The number of hydrogen-bond acceptors (Lipinski definition) is 5. The molecule has 6 heteroatoms. The van der Waals surface area contributed by atoms with Gasteiger partial charge >= 0.3 is 5.97 Å². The average molecular weight is 479 g/mol. The number of likely N-dealkylation sites (tertiary alicyclic amines) is 1. The molecule has 1 saturated carbocycles. The van der Waals surface area contributed by atoms with Gasteiger partial charge in [-0.15, -0.1) is 0 Å². The van der Waals surface area contributed by atoms with E-state index in [0.29, 0.717) is 24.4 Å². The van der Waals surface area contributed by atoms with Crippen LogP contribution in [-0.2, 0) is 14.9 Å². The maximum Gasteiger partial charge on any atom is 0.302 e. The average Bonchev–Trinajstić information content (AvgIpc) is 2.82. The van der Waals surface area contributed by atoms with Crippen LogP contribution in [0.5, 0.6) is 5.75 Å². The molecule has 0 spiro atoms. The second-order valence-corrected chi connectivity index (χ2v) is 10.8. The molecule has 0 aromatic heterocycles. The van der Waals surface area contributed by atoms with Gasteiger partial charge < -0.3 is 19.6 Å². The lowest BCUT2D eigenvalue weighted by Crippen LogP contribution is -2.62. The number of phenolic OH excluding ortho intramolecular Hbond substituents is 1. The standard InChI is InChI=1S/C29H38N2O4/c1-20(2)18-31(28(34)22-9-6-5-7-10-22)24-16-27(35-21(3)32)26-19-30(4)14-13-29(26,17-24)23-11-8-12-25(33)15-23/h5-12,15,20,24,26-27,33H,13-14,16-19H2,1-4H3/t24-,26?,27?,29?/m1/s1. The van der Waals surface area contributed by atoms with Gasteiger partial charge in [-0.2, -0.15) is 0 Å². The van der Waals surface area contributed by atoms with Crippen LogP contribution in [-0.4, -0.2) is 65.6 Å². The summed E-state index contributed by atoms with van der Waals surface area (Å²) in [5, 5.41) is 10.4. The third-order valence-corrected chi connectivity index (χ3v) is 7.73. The monoisotopic (exact) mass is 478 g/mol. The number of fused-ring (bicyclic) bond motifs is 1. The molecule has 1 saturated heterocycles. The van der Waals surface area contributed by atoms with E-state index in [1.54, 1.807) is 6.07 Å². The summed E-state index contributed by atoms with van der Waals surface area (Å²) in [4.78, 5) is 30.3. The number of ether oxygens (including phenoxy) is 1. The van der Waals surface area contributed by atoms with E-state index in [4.69, 9.17) is 4.74 Å². The minimum Gasteiger partial charge on any atom is -0.508 e. The van der Waals surface area contributed by atoms with E-state index < -0.39 is 0 Å². The highest BCUT2D eigenvalue weighted by Crippen LogP contribution is 2.51. The molecule has 2 aliphatic rings. The minimum absolute atomic E-state index is 0.0170. The molecule has 0 radical (unpaired) electrons. The zero-order valence-corrected chi connectivity index (χ0v) is 21.3. The molecule has 1 aliphatic carbocycles. The number of nitrogens with zero attached hydrogens (tertiary/aromatic N) is 2. The van der Waals surface area contributed by atoms with Gasteiger partial charge in [0, 0.05) is 49.4 Å². The maximum atomic E-state index is 13.8. The summed E-state index contributed by atoms with van der Waals surface area (Å²) in [5.41, 5.74) is 1.43. The van der Waals surface area contributed by atoms with Crippen molar-refractivity contribution in [3.05, 3.63) is 65.7 Å². The smallest absolute Gasteiger partial charge is 0.302 e. The Bertz CT molecular complexity index is 1040. The fourth-order valence-electron chi connectivity index (χ4n) is 6.25. The van der Waals surface area contributed by atoms with E-state index >= 15 is 0 Å². The van der Waals surface area contributed by atoms with Crippen LogP contribution < -0.4 is 0 Å². The van der Waals surface area contributed by atoms with Crippen molar-refractivity contribution in [1.82, 2.24) is 9.80 Å². The first-order valence-electron chi connectivity index (χ1n) is 12.7. The van der Waals surface area contributed by atoms with E-state index in [1.165, 1.54) is 6.92 Å². The van der Waals surface area contributed by atoms with Crippen molar-refractivity contribution in [2.24, 2.45) is 11.8 Å². The van der Waals surface area contributed by atoms with Crippen LogP contribution in [0.1, 0.15) is 56.0 Å². The Morgan fingerprint density at radius 1 is 1.17 bits per heavy atom. The van der Waals surface area contributed by atoms with Gasteiger partial charge in [0.1, 0.15) is 11.9 Å². The van der Waals surface area contributed by atoms with Crippen molar-refractivity contribution >= 4 is 11.9 Å². The van der Waals surface area contributed by atoms with E-state index in [0.717, 1.165) is 31.5 Å². The number of benzene rings is 2. The van der Waals surface area contributed by atoms with E-state index in [2.05, 4.69) is 31.9 Å². The van der Waals surface area contributed by atoms with E-state index in [-0.39, 0.29) is 41.1 Å². The molecule has 0 bridgehead atoms. The predicted molar refractivity (Wildman–Crippen MR) is 136 cm³/mol. The lowest BCUT2D eigenvalue weighted by molar-refractivity contribution is -0.158. The largest absolute Gasteiger partial charge is 0.508 e. The van der Waals surface area contributed by atoms with Crippen molar-refractivity contribution in [2.75, 3.05) is 26.7 Å². The van der Waals surface area contributed by atoms with Crippen molar-refractivity contribution in [1.29, 1.82) is 0 Å². The Morgan fingerprint density at radius 3 is 2.57 bits per heavy atom.